The maximum atomic E-state index is 12.6. The van der Waals surface area contributed by atoms with Crippen LogP contribution in [0, 0.1) is 6.92 Å². The third-order valence-corrected chi connectivity index (χ3v) is 7.29. The summed E-state index contributed by atoms with van der Waals surface area (Å²) in [5.41, 5.74) is 0.674. The summed E-state index contributed by atoms with van der Waals surface area (Å²) < 4.78 is 29.6. The lowest BCUT2D eigenvalue weighted by Gasteiger charge is -2.34. The molecule has 1 fully saturated rings. The van der Waals surface area contributed by atoms with E-state index < -0.39 is 10.0 Å². The van der Waals surface area contributed by atoms with Crippen LogP contribution in [0.15, 0.2) is 26.0 Å². The highest BCUT2D eigenvalue weighted by Crippen LogP contribution is 2.32. The van der Waals surface area contributed by atoms with Crippen molar-refractivity contribution in [3.05, 3.63) is 26.6 Å². The molecule has 6 heteroatoms. The fourth-order valence-electron chi connectivity index (χ4n) is 2.65. The van der Waals surface area contributed by atoms with Gasteiger partial charge in [0.15, 0.2) is 0 Å². The minimum absolute atomic E-state index is 0.293. The minimum atomic E-state index is -3.52. The molecular formula is C14H19Br2NO2S. The molecule has 1 aliphatic carbocycles. The maximum absolute atomic E-state index is 12.6. The quantitative estimate of drug-likeness (QED) is 0.774. The van der Waals surface area contributed by atoms with Crippen LogP contribution < -0.4 is 4.72 Å². The van der Waals surface area contributed by atoms with E-state index in [4.69, 9.17) is 0 Å². The van der Waals surface area contributed by atoms with Crippen molar-refractivity contribution in [3.63, 3.8) is 0 Å². The van der Waals surface area contributed by atoms with Crippen LogP contribution in [0.4, 0.5) is 0 Å². The number of nitrogens with one attached hydrogen (secondary N) is 1. The molecule has 1 saturated carbocycles. The highest BCUT2D eigenvalue weighted by atomic mass is 79.9. The average Bonchev–Trinajstić information content (AvgIpc) is 2.33. The summed E-state index contributed by atoms with van der Waals surface area (Å²) in [4.78, 5) is 0.293. The van der Waals surface area contributed by atoms with Crippen molar-refractivity contribution in [2.45, 2.75) is 56.4 Å². The van der Waals surface area contributed by atoms with Crippen molar-refractivity contribution >= 4 is 41.9 Å². The Morgan fingerprint density at radius 3 is 2.30 bits per heavy atom. The standard InChI is InChI=1S/C14H19Br2NO2S/c1-10-8-12(16)13(9-11(10)15)20(18,19)17-14(2)6-4-3-5-7-14/h8-9,17H,3-7H2,1-2H3. The van der Waals surface area contributed by atoms with E-state index in [0.29, 0.717) is 9.37 Å². The molecule has 20 heavy (non-hydrogen) atoms. The van der Waals surface area contributed by atoms with E-state index >= 15 is 0 Å². The Hall–Kier alpha value is 0.0900. The molecule has 1 aliphatic rings. The fraction of sp³-hybridized carbons (Fsp3) is 0.571. The van der Waals surface area contributed by atoms with Gasteiger partial charge in [0.25, 0.3) is 0 Å². The van der Waals surface area contributed by atoms with Gasteiger partial charge in [-0.3, -0.25) is 0 Å². The topological polar surface area (TPSA) is 46.2 Å². The summed E-state index contributed by atoms with van der Waals surface area (Å²) in [5.74, 6) is 0. The van der Waals surface area contributed by atoms with Gasteiger partial charge in [-0.25, -0.2) is 13.1 Å². The third kappa shape index (κ3) is 3.64. The first-order valence-electron chi connectivity index (χ1n) is 6.73. The van der Waals surface area contributed by atoms with Gasteiger partial charge in [-0.1, -0.05) is 35.2 Å². The zero-order valence-electron chi connectivity index (χ0n) is 11.7. The second-order valence-corrected chi connectivity index (χ2v) is 9.12. The van der Waals surface area contributed by atoms with E-state index in [1.54, 1.807) is 6.07 Å². The summed E-state index contributed by atoms with van der Waals surface area (Å²) in [6.07, 6.45) is 5.15. The molecule has 0 saturated heterocycles. The first-order chi connectivity index (χ1) is 9.23. The normalized spacial score (nSPS) is 19.0. The van der Waals surface area contributed by atoms with E-state index in [-0.39, 0.29) is 5.54 Å². The molecule has 0 bridgehead atoms. The first kappa shape index (κ1) is 16.5. The molecule has 0 atom stereocenters. The predicted octanol–water partition coefficient (Wildman–Crippen LogP) is 4.52. The van der Waals surface area contributed by atoms with Crippen molar-refractivity contribution in [3.8, 4) is 0 Å². The van der Waals surface area contributed by atoms with E-state index in [1.165, 1.54) is 6.42 Å². The van der Waals surface area contributed by atoms with Crippen molar-refractivity contribution in [1.82, 2.24) is 4.72 Å². The van der Waals surface area contributed by atoms with Crippen LogP contribution in [0.1, 0.15) is 44.6 Å². The van der Waals surface area contributed by atoms with Gasteiger partial charge < -0.3 is 0 Å². The minimum Gasteiger partial charge on any atom is -0.207 e. The lowest BCUT2D eigenvalue weighted by atomic mass is 9.84. The van der Waals surface area contributed by atoms with Gasteiger partial charge in [-0.15, -0.1) is 0 Å². The smallest absolute Gasteiger partial charge is 0.207 e. The predicted molar refractivity (Wildman–Crippen MR) is 88.4 cm³/mol. The first-order valence-corrected chi connectivity index (χ1v) is 9.80. The number of hydrogen-bond donors (Lipinski definition) is 1. The van der Waals surface area contributed by atoms with E-state index in [2.05, 4.69) is 36.6 Å². The van der Waals surface area contributed by atoms with Crippen LogP contribution >= 0.6 is 31.9 Å². The zero-order chi connectivity index (χ0) is 15.0. The van der Waals surface area contributed by atoms with Gasteiger partial charge in [0.1, 0.15) is 0 Å². The van der Waals surface area contributed by atoms with Crippen LogP contribution in [0.25, 0.3) is 0 Å². The van der Waals surface area contributed by atoms with E-state index in [1.807, 2.05) is 19.9 Å². The molecule has 1 aromatic carbocycles. The fourth-order valence-corrected chi connectivity index (χ4v) is 5.79. The van der Waals surface area contributed by atoms with Crippen LogP contribution in [0.2, 0.25) is 0 Å². The Bertz CT molecular complexity index is 608. The highest BCUT2D eigenvalue weighted by Gasteiger charge is 2.33. The molecule has 2 rings (SSSR count). The maximum Gasteiger partial charge on any atom is 0.242 e. The summed E-state index contributed by atoms with van der Waals surface area (Å²) in [5, 5.41) is 0. The molecule has 0 aliphatic heterocycles. The summed E-state index contributed by atoms with van der Waals surface area (Å²) in [6, 6.07) is 3.48. The lowest BCUT2D eigenvalue weighted by Crippen LogP contribution is -2.47. The van der Waals surface area contributed by atoms with Gasteiger partial charge in [0, 0.05) is 14.5 Å². The number of rotatable bonds is 3. The second kappa shape index (κ2) is 6.07. The number of sulfonamides is 1. The van der Waals surface area contributed by atoms with Crippen LogP contribution in [0.5, 0.6) is 0 Å². The summed E-state index contributed by atoms with van der Waals surface area (Å²) in [7, 11) is -3.52. The van der Waals surface area contributed by atoms with Crippen molar-refractivity contribution in [2.24, 2.45) is 0 Å². The van der Waals surface area contributed by atoms with Gasteiger partial charge in [0.2, 0.25) is 10.0 Å². The van der Waals surface area contributed by atoms with E-state index in [9.17, 15) is 8.42 Å². The lowest BCUT2D eigenvalue weighted by molar-refractivity contribution is 0.294. The summed E-state index contributed by atoms with van der Waals surface area (Å²) in [6.45, 7) is 3.93. The number of halogens is 2. The summed E-state index contributed by atoms with van der Waals surface area (Å²) >= 11 is 6.76. The number of benzene rings is 1. The SMILES string of the molecule is Cc1cc(Br)c(S(=O)(=O)NC2(C)CCCCC2)cc1Br. The molecule has 0 radical (unpaired) electrons. The largest absolute Gasteiger partial charge is 0.242 e. The molecule has 0 aromatic heterocycles. The molecular weight excluding hydrogens is 406 g/mol. The van der Waals surface area contributed by atoms with Gasteiger partial charge >= 0.3 is 0 Å². The van der Waals surface area contributed by atoms with Crippen molar-refractivity contribution in [2.75, 3.05) is 0 Å². The molecule has 0 spiro atoms. The number of hydrogen-bond acceptors (Lipinski definition) is 2. The number of aryl methyl sites for hydroxylation is 1. The molecule has 1 aromatic rings. The van der Waals surface area contributed by atoms with Crippen molar-refractivity contribution in [1.29, 1.82) is 0 Å². The van der Waals surface area contributed by atoms with E-state index in [0.717, 1.165) is 35.7 Å². The Kier molecular flexibility index (Phi) is 4.99. The molecule has 0 amide bonds. The highest BCUT2D eigenvalue weighted by molar-refractivity contribution is 9.11. The van der Waals surface area contributed by atoms with Crippen LogP contribution in [0.3, 0.4) is 0 Å². The van der Waals surface area contributed by atoms with Gasteiger partial charge in [-0.2, -0.15) is 0 Å². The Labute approximate surface area is 137 Å². The average molecular weight is 425 g/mol. The second-order valence-electron chi connectivity index (χ2n) is 5.76. The van der Waals surface area contributed by atoms with Gasteiger partial charge in [-0.05, 0) is 60.3 Å². The monoisotopic (exact) mass is 423 g/mol. The van der Waals surface area contributed by atoms with Crippen molar-refractivity contribution < 1.29 is 8.42 Å². The molecule has 0 heterocycles. The van der Waals surface area contributed by atoms with Gasteiger partial charge in [0.05, 0.1) is 4.90 Å². The zero-order valence-corrected chi connectivity index (χ0v) is 15.7. The molecule has 112 valence electrons. The molecule has 1 N–H and O–H groups in total. The van der Waals surface area contributed by atoms with Crippen LogP contribution in [-0.4, -0.2) is 14.0 Å². The molecule has 3 nitrogen and oxygen atoms in total. The Morgan fingerprint density at radius 2 is 1.70 bits per heavy atom. The molecule has 0 unspecified atom stereocenters. The Morgan fingerprint density at radius 1 is 1.10 bits per heavy atom. The van der Waals surface area contributed by atoms with Crippen LogP contribution in [-0.2, 0) is 10.0 Å². The Balaban J connectivity index is 2.33. The third-order valence-electron chi connectivity index (χ3n) is 3.84.